The minimum atomic E-state index is 0.797. The van der Waals surface area contributed by atoms with Gasteiger partial charge in [-0.3, -0.25) is 4.98 Å². The molecule has 0 saturated heterocycles. The molecule has 0 aliphatic carbocycles. The van der Waals surface area contributed by atoms with Gasteiger partial charge < -0.3 is 5.11 Å². The fourth-order valence-electron chi connectivity index (χ4n) is 0.962. The Morgan fingerprint density at radius 3 is 2.92 bits per heavy atom. The van der Waals surface area contributed by atoms with Crippen LogP contribution in [0.4, 0.5) is 0 Å². The van der Waals surface area contributed by atoms with Gasteiger partial charge in [-0.2, -0.15) is 0 Å². The molecule has 0 spiro atoms. The number of allylic oxidation sites excluding steroid dienone is 1. The molecular weight excluding hydrogens is 150 g/mol. The van der Waals surface area contributed by atoms with Gasteiger partial charge in [-0.15, -0.1) is 0 Å². The molecule has 0 atom stereocenters. The van der Waals surface area contributed by atoms with Crippen molar-refractivity contribution in [2.45, 2.75) is 20.3 Å². The van der Waals surface area contributed by atoms with E-state index in [0.717, 1.165) is 29.6 Å². The van der Waals surface area contributed by atoms with Crippen LogP contribution in [0, 0.1) is 0 Å². The van der Waals surface area contributed by atoms with Crippen LogP contribution in [-0.4, -0.2) is 10.1 Å². The van der Waals surface area contributed by atoms with E-state index < -0.39 is 0 Å². The molecule has 0 bridgehead atoms. The minimum Gasteiger partial charge on any atom is -0.515 e. The standard InChI is InChI=1S/C10H13NO/c1-3-9-5-4-6-10(11-9)8(2)7-12/h4-7,12H,3H2,1-2H3/b8-7-. The van der Waals surface area contributed by atoms with Crippen molar-refractivity contribution in [3.05, 3.63) is 35.8 Å². The van der Waals surface area contributed by atoms with Crippen molar-refractivity contribution in [3.8, 4) is 0 Å². The van der Waals surface area contributed by atoms with E-state index in [1.807, 2.05) is 25.1 Å². The van der Waals surface area contributed by atoms with E-state index in [1.165, 1.54) is 0 Å². The van der Waals surface area contributed by atoms with Crippen LogP contribution in [0.2, 0.25) is 0 Å². The molecule has 1 N–H and O–H groups in total. The Balaban J connectivity index is 3.02. The van der Waals surface area contributed by atoms with Gasteiger partial charge in [0.15, 0.2) is 0 Å². The quantitative estimate of drug-likeness (QED) is 0.680. The zero-order valence-corrected chi connectivity index (χ0v) is 7.41. The van der Waals surface area contributed by atoms with Gasteiger partial charge in [0.05, 0.1) is 12.0 Å². The number of pyridine rings is 1. The van der Waals surface area contributed by atoms with Gasteiger partial charge in [0, 0.05) is 11.3 Å². The molecule has 0 radical (unpaired) electrons. The second-order valence-corrected chi connectivity index (χ2v) is 2.68. The number of hydrogen-bond donors (Lipinski definition) is 1. The Labute approximate surface area is 72.6 Å². The molecule has 0 aliphatic heterocycles. The number of aliphatic hydroxyl groups is 1. The molecule has 12 heavy (non-hydrogen) atoms. The summed E-state index contributed by atoms with van der Waals surface area (Å²) in [5, 5.41) is 8.75. The maximum atomic E-state index is 8.75. The summed E-state index contributed by atoms with van der Waals surface area (Å²) in [5.74, 6) is 0. The third-order valence-corrected chi connectivity index (χ3v) is 1.77. The summed E-state index contributed by atoms with van der Waals surface area (Å²) < 4.78 is 0. The van der Waals surface area contributed by atoms with Crippen molar-refractivity contribution >= 4 is 5.57 Å². The first-order valence-electron chi connectivity index (χ1n) is 4.05. The first kappa shape index (κ1) is 8.78. The second kappa shape index (κ2) is 3.90. The maximum absolute atomic E-state index is 8.75. The minimum absolute atomic E-state index is 0.797. The van der Waals surface area contributed by atoms with E-state index in [1.54, 1.807) is 0 Å². The third-order valence-electron chi connectivity index (χ3n) is 1.77. The Bertz CT molecular complexity index is 292. The smallest absolute Gasteiger partial charge is 0.0842 e. The van der Waals surface area contributed by atoms with Crippen LogP contribution >= 0.6 is 0 Å². The molecular formula is C10H13NO. The van der Waals surface area contributed by atoms with Crippen molar-refractivity contribution < 1.29 is 5.11 Å². The average Bonchev–Trinajstić information content (AvgIpc) is 2.17. The van der Waals surface area contributed by atoms with E-state index in [0.29, 0.717) is 0 Å². The summed E-state index contributed by atoms with van der Waals surface area (Å²) in [6, 6.07) is 5.82. The Morgan fingerprint density at radius 1 is 1.58 bits per heavy atom. The van der Waals surface area contributed by atoms with Gasteiger partial charge in [0.25, 0.3) is 0 Å². The summed E-state index contributed by atoms with van der Waals surface area (Å²) in [6.45, 7) is 3.89. The van der Waals surface area contributed by atoms with Crippen molar-refractivity contribution in [2.24, 2.45) is 0 Å². The molecule has 0 amide bonds. The van der Waals surface area contributed by atoms with Crippen LogP contribution in [0.3, 0.4) is 0 Å². The number of hydrogen-bond acceptors (Lipinski definition) is 2. The molecule has 1 aromatic heterocycles. The highest BCUT2D eigenvalue weighted by atomic mass is 16.2. The lowest BCUT2D eigenvalue weighted by atomic mass is 10.2. The Morgan fingerprint density at radius 2 is 2.33 bits per heavy atom. The first-order valence-corrected chi connectivity index (χ1v) is 4.05. The van der Waals surface area contributed by atoms with Crippen LogP contribution in [0.1, 0.15) is 25.2 Å². The lowest BCUT2D eigenvalue weighted by Crippen LogP contribution is -1.91. The van der Waals surface area contributed by atoms with Gasteiger partial charge >= 0.3 is 0 Å². The second-order valence-electron chi connectivity index (χ2n) is 2.68. The zero-order valence-electron chi connectivity index (χ0n) is 7.41. The lowest BCUT2D eigenvalue weighted by Gasteiger charge is -2.00. The molecule has 64 valence electrons. The molecule has 2 heteroatoms. The summed E-state index contributed by atoms with van der Waals surface area (Å²) in [6.07, 6.45) is 2.01. The summed E-state index contributed by atoms with van der Waals surface area (Å²) >= 11 is 0. The lowest BCUT2D eigenvalue weighted by molar-refractivity contribution is 0.475. The van der Waals surface area contributed by atoms with E-state index in [2.05, 4.69) is 11.9 Å². The van der Waals surface area contributed by atoms with E-state index in [-0.39, 0.29) is 0 Å². The first-order chi connectivity index (χ1) is 5.77. The van der Waals surface area contributed by atoms with Crippen molar-refractivity contribution in [2.75, 3.05) is 0 Å². The molecule has 1 heterocycles. The van der Waals surface area contributed by atoms with Crippen LogP contribution in [0.5, 0.6) is 0 Å². The maximum Gasteiger partial charge on any atom is 0.0842 e. The predicted octanol–water partition coefficient (Wildman–Crippen LogP) is 2.56. The summed E-state index contributed by atoms with van der Waals surface area (Å²) in [5.41, 5.74) is 2.69. The molecule has 1 rings (SSSR count). The van der Waals surface area contributed by atoms with Crippen LogP contribution in [-0.2, 0) is 6.42 Å². The van der Waals surface area contributed by atoms with E-state index in [9.17, 15) is 0 Å². The van der Waals surface area contributed by atoms with Crippen molar-refractivity contribution in [1.82, 2.24) is 4.98 Å². The Hall–Kier alpha value is -1.31. The van der Waals surface area contributed by atoms with E-state index >= 15 is 0 Å². The van der Waals surface area contributed by atoms with Crippen molar-refractivity contribution in [1.29, 1.82) is 0 Å². The topological polar surface area (TPSA) is 33.1 Å². The summed E-state index contributed by atoms with van der Waals surface area (Å²) in [7, 11) is 0. The monoisotopic (exact) mass is 163 g/mol. The molecule has 0 saturated carbocycles. The highest BCUT2D eigenvalue weighted by Gasteiger charge is 1.97. The zero-order chi connectivity index (χ0) is 8.97. The third kappa shape index (κ3) is 1.84. The van der Waals surface area contributed by atoms with Crippen LogP contribution in [0.25, 0.3) is 5.57 Å². The molecule has 0 aliphatic rings. The summed E-state index contributed by atoms with van der Waals surface area (Å²) in [4.78, 5) is 4.33. The van der Waals surface area contributed by atoms with Gasteiger partial charge in [0.1, 0.15) is 0 Å². The van der Waals surface area contributed by atoms with Gasteiger partial charge in [-0.1, -0.05) is 13.0 Å². The van der Waals surface area contributed by atoms with Crippen LogP contribution < -0.4 is 0 Å². The number of aryl methyl sites for hydroxylation is 1. The average molecular weight is 163 g/mol. The fraction of sp³-hybridized carbons (Fsp3) is 0.300. The Kier molecular flexibility index (Phi) is 2.86. The molecule has 0 fully saturated rings. The number of rotatable bonds is 2. The highest BCUT2D eigenvalue weighted by molar-refractivity contribution is 5.58. The molecule has 0 aromatic carbocycles. The number of nitrogens with zero attached hydrogens (tertiary/aromatic N) is 1. The largest absolute Gasteiger partial charge is 0.515 e. The highest BCUT2D eigenvalue weighted by Crippen LogP contribution is 2.10. The molecule has 0 unspecified atom stereocenters. The van der Waals surface area contributed by atoms with Crippen LogP contribution in [0.15, 0.2) is 24.5 Å². The van der Waals surface area contributed by atoms with E-state index in [4.69, 9.17) is 5.11 Å². The van der Waals surface area contributed by atoms with Gasteiger partial charge in [-0.05, 0) is 25.5 Å². The molecule has 1 aromatic rings. The molecule has 2 nitrogen and oxygen atoms in total. The normalized spacial score (nSPS) is 11.7. The SMILES string of the molecule is CCc1cccc(/C(C)=C\O)n1. The predicted molar refractivity (Wildman–Crippen MR) is 49.9 cm³/mol. The van der Waals surface area contributed by atoms with Gasteiger partial charge in [0.2, 0.25) is 0 Å². The number of aliphatic hydroxyl groups excluding tert-OH is 1. The fourth-order valence-corrected chi connectivity index (χ4v) is 0.962. The van der Waals surface area contributed by atoms with Gasteiger partial charge in [-0.25, -0.2) is 0 Å². The number of aromatic nitrogens is 1. The van der Waals surface area contributed by atoms with Crippen molar-refractivity contribution in [3.63, 3.8) is 0 Å².